The highest BCUT2D eigenvalue weighted by atomic mass is 16.3. The maximum absolute atomic E-state index is 9.95. The fourth-order valence-electron chi connectivity index (χ4n) is 3.72. The molecule has 0 bridgehead atoms. The third-order valence-electron chi connectivity index (χ3n) is 4.90. The van der Waals surface area contributed by atoms with Gasteiger partial charge in [0.25, 0.3) is 0 Å². The summed E-state index contributed by atoms with van der Waals surface area (Å²) in [7, 11) is 0. The number of hydrogen-bond acceptors (Lipinski definition) is 2. The first-order valence-electron chi connectivity index (χ1n) is 7.41. The number of nitrogens with zero attached hydrogens (tertiary/aromatic N) is 1. The molecular weight excluding hydrogens is 210 g/mol. The van der Waals surface area contributed by atoms with Gasteiger partial charge in [0.05, 0.1) is 6.10 Å². The van der Waals surface area contributed by atoms with Crippen LogP contribution in [0.1, 0.15) is 59.3 Å². The molecule has 1 N–H and O–H groups in total. The number of aliphatic hydroxyl groups excluding tert-OH is 1. The molecule has 3 unspecified atom stereocenters. The Balaban J connectivity index is 2.06. The highest BCUT2D eigenvalue weighted by Gasteiger charge is 2.39. The van der Waals surface area contributed by atoms with Gasteiger partial charge in [0.15, 0.2) is 0 Å². The van der Waals surface area contributed by atoms with Crippen molar-refractivity contribution in [1.82, 2.24) is 4.90 Å². The molecule has 1 aliphatic carbocycles. The standard InChI is InChI=1S/C15H29NO/c1-12-6-4-5-9-16(11-12)14-10-13(17)7-8-15(14,2)3/h12-14,17H,4-11H2,1-3H3. The molecule has 0 aromatic rings. The summed E-state index contributed by atoms with van der Waals surface area (Å²) in [5, 5.41) is 9.95. The van der Waals surface area contributed by atoms with Crippen LogP contribution in [-0.2, 0) is 0 Å². The fourth-order valence-corrected chi connectivity index (χ4v) is 3.72. The molecule has 2 nitrogen and oxygen atoms in total. The van der Waals surface area contributed by atoms with Crippen molar-refractivity contribution in [1.29, 1.82) is 0 Å². The van der Waals surface area contributed by atoms with Crippen LogP contribution in [0.3, 0.4) is 0 Å². The second-order valence-electron chi connectivity index (χ2n) is 7.03. The lowest BCUT2D eigenvalue weighted by molar-refractivity contribution is -0.0139. The Kier molecular flexibility index (Phi) is 4.14. The van der Waals surface area contributed by atoms with Crippen molar-refractivity contribution < 1.29 is 5.11 Å². The van der Waals surface area contributed by atoms with Crippen LogP contribution in [-0.4, -0.2) is 35.2 Å². The predicted octanol–water partition coefficient (Wildman–Crippen LogP) is 3.05. The summed E-state index contributed by atoms with van der Waals surface area (Å²) in [6.45, 7) is 9.63. The van der Waals surface area contributed by atoms with Crippen molar-refractivity contribution in [2.45, 2.75) is 71.4 Å². The summed E-state index contributed by atoms with van der Waals surface area (Å²) >= 11 is 0. The molecular formula is C15H29NO. The van der Waals surface area contributed by atoms with Gasteiger partial charge in [-0.1, -0.05) is 27.2 Å². The van der Waals surface area contributed by atoms with E-state index in [-0.39, 0.29) is 6.10 Å². The average molecular weight is 239 g/mol. The smallest absolute Gasteiger partial charge is 0.0555 e. The first-order valence-corrected chi connectivity index (χ1v) is 7.41. The van der Waals surface area contributed by atoms with E-state index in [4.69, 9.17) is 0 Å². The highest BCUT2D eigenvalue weighted by molar-refractivity contribution is 4.93. The first-order chi connectivity index (χ1) is 7.99. The van der Waals surface area contributed by atoms with Gasteiger partial charge in [-0.15, -0.1) is 0 Å². The van der Waals surface area contributed by atoms with Crippen LogP contribution in [0.25, 0.3) is 0 Å². The molecule has 100 valence electrons. The maximum Gasteiger partial charge on any atom is 0.0555 e. The summed E-state index contributed by atoms with van der Waals surface area (Å²) in [6.07, 6.45) is 7.19. The van der Waals surface area contributed by atoms with Gasteiger partial charge < -0.3 is 5.11 Å². The fraction of sp³-hybridized carbons (Fsp3) is 1.00. The van der Waals surface area contributed by atoms with E-state index < -0.39 is 0 Å². The Morgan fingerprint density at radius 3 is 2.71 bits per heavy atom. The lowest BCUT2D eigenvalue weighted by atomic mass is 9.71. The van der Waals surface area contributed by atoms with Crippen molar-refractivity contribution in [2.75, 3.05) is 13.1 Å². The second-order valence-corrected chi connectivity index (χ2v) is 7.03. The number of rotatable bonds is 1. The Labute approximate surface area is 106 Å². The molecule has 0 spiro atoms. The second kappa shape index (κ2) is 5.27. The van der Waals surface area contributed by atoms with E-state index in [9.17, 15) is 5.11 Å². The van der Waals surface area contributed by atoms with Crippen LogP contribution >= 0.6 is 0 Å². The number of hydrogen-bond donors (Lipinski definition) is 1. The molecule has 2 heteroatoms. The minimum Gasteiger partial charge on any atom is -0.393 e. The van der Waals surface area contributed by atoms with Gasteiger partial charge in [0.2, 0.25) is 0 Å². The highest BCUT2D eigenvalue weighted by Crippen LogP contribution is 2.39. The van der Waals surface area contributed by atoms with Crippen LogP contribution in [0, 0.1) is 11.3 Å². The third-order valence-corrected chi connectivity index (χ3v) is 4.90. The predicted molar refractivity (Wildman–Crippen MR) is 72.0 cm³/mol. The van der Waals surface area contributed by atoms with Crippen LogP contribution in [0.5, 0.6) is 0 Å². The molecule has 1 aliphatic heterocycles. The van der Waals surface area contributed by atoms with Gasteiger partial charge in [-0.05, 0) is 50.0 Å². The zero-order chi connectivity index (χ0) is 12.5. The topological polar surface area (TPSA) is 23.5 Å². The molecule has 0 aromatic heterocycles. The van der Waals surface area contributed by atoms with E-state index >= 15 is 0 Å². The Morgan fingerprint density at radius 1 is 1.18 bits per heavy atom. The Bertz CT molecular complexity index is 251. The largest absolute Gasteiger partial charge is 0.393 e. The van der Waals surface area contributed by atoms with Crippen molar-refractivity contribution >= 4 is 0 Å². The van der Waals surface area contributed by atoms with E-state index in [0.717, 1.165) is 18.8 Å². The van der Waals surface area contributed by atoms with Crippen LogP contribution < -0.4 is 0 Å². The van der Waals surface area contributed by atoms with Gasteiger partial charge in [0.1, 0.15) is 0 Å². The van der Waals surface area contributed by atoms with Crippen molar-refractivity contribution in [3.05, 3.63) is 0 Å². The molecule has 1 heterocycles. The molecule has 0 aromatic carbocycles. The number of aliphatic hydroxyl groups is 1. The van der Waals surface area contributed by atoms with E-state index in [2.05, 4.69) is 25.7 Å². The third kappa shape index (κ3) is 3.23. The monoisotopic (exact) mass is 239 g/mol. The molecule has 1 saturated carbocycles. The molecule has 17 heavy (non-hydrogen) atoms. The van der Waals surface area contributed by atoms with E-state index in [1.165, 1.54) is 38.8 Å². The molecule has 3 atom stereocenters. The molecule has 2 aliphatic rings. The molecule has 0 amide bonds. The zero-order valence-electron chi connectivity index (χ0n) is 11.8. The van der Waals surface area contributed by atoms with Gasteiger partial charge >= 0.3 is 0 Å². The summed E-state index contributed by atoms with van der Waals surface area (Å²) in [5.74, 6) is 0.826. The van der Waals surface area contributed by atoms with E-state index in [1.54, 1.807) is 0 Å². The zero-order valence-corrected chi connectivity index (χ0v) is 11.8. The summed E-state index contributed by atoms with van der Waals surface area (Å²) < 4.78 is 0. The maximum atomic E-state index is 9.95. The lowest BCUT2D eigenvalue weighted by Crippen LogP contribution is -2.51. The van der Waals surface area contributed by atoms with Crippen LogP contribution in [0.2, 0.25) is 0 Å². The Hall–Kier alpha value is -0.0800. The van der Waals surface area contributed by atoms with Crippen molar-refractivity contribution in [3.8, 4) is 0 Å². The summed E-state index contributed by atoms with van der Waals surface area (Å²) in [4.78, 5) is 2.68. The molecule has 0 radical (unpaired) electrons. The van der Waals surface area contributed by atoms with E-state index in [1.807, 2.05) is 0 Å². The lowest BCUT2D eigenvalue weighted by Gasteiger charge is -2.47. The molecule has 2 fully saturated rings. The van der Waals surface area contributed by atoms with Crippen LogP contribution in [0.4, 0.5) is 0 Å². The first kappa shape index (κ1) is 13.4. The van der Waals surface area contributed by atoms with Crippen LogP contribution in [0.15, 0.2) is 0 Å². The van der Waals surface area contributed by atoms with Crippen molar-refractivity contribution in [2.24, 2.45) is 11.3 Å². The normalized spacial score (nSPS) is 39.9. The van der Waals surface area contributed by atoms with E-state index in [0.29, 0.717) is 11.5 Å². The average Bonchev–Trinajstić information content (AvgIpc) is 2.46. The summed E-state index contributed by atoms with van der Waals surface area (Å²) in [6, 6.07) is 0.590. The molecule has 1 saturated heterocycles. The molecule has 2 rings (SSSR count). The summed E-state index contributed by atoms with van der Waals surface area (Å²) in [5.41, 5.74) is 0.378. The van der Waals surface area contributed by atoms with Gasteiger partial charge in [0, 0.05) is 12.6 Å². The van der Waals surface area contributed by atoms with Crippen molar-refractivity contribution in [3.63, 3.8) is 0 Å². The van der Waals surface area contributed by atoms with Gasteiger partial charge in [-0.2, -0.15) is 0 Å². The SMILES string of the molecule is CC1CCCCN(C2CC(O)CCC2(C)C)C1. The minimum atomic E-state index is -0.0633. The van der Waals surface area contributed by atoms with Gasteiger partial charge in [-0.3, -0.25) is 4.90 Å². The van der Waals surface area contributed by atoms with Gasteiger partial charge in [-0.25, -0.2) is 0 Å². The quantitative estimate of drug-likeness (QED) is 0.760. The Morgan fingerprint density at radius 2 is 1.94 bits per heavy atom. The number of likely N-dealkylation sites (tertiary alicyclic amines) is 1. The minimum absolute atomic E-state index is 0.0633.